The molecule has 2 aromatic rings. The molecule has 2 rings (SSSR count). The molecule has 6 nitrogen and oxygen atoms in total. The van der Waals surface area contributed by atoms with Crippen LogP contribution in [0.1, 0.15) is 70.8 Å². The summed E-state index contributed by atoms with van der Waals surface area (Å²) in [6, 6.07) is 9.97. The topological polar surface area (TPSA) is 88.3 Å². The van der Waals surface area contributed by atoms with Gasteiger partial charge in [0.15, 0.2) is 11.9 Å². The summed E-state index contributed by atoms with van der Waals surface area (Å²) in [6.45, 7) is 8.93. The number of hydrogen-bond donors (Lipinski definition) is 2. The molecule has 0 unspecified atom stereocenters. The quantitative estimate of drug-likeness (QED) is 0.537. The van der Waals surface area contributed by atoms with Crippen molar-refractivity contribution in [1.82, 2.24) is 10.3 Å². The highest BCUT2D eigenvalue weighted by Crippen LogP contribution is 2.20. The Morgan fingerprint density at radius 3 is 2.32 bits per heavy atom. The largest absolute Gasteiger partial charge is 0.448 e. The third-order valence-corrected chi connectivity index (χ3v) is 4.93. The minimum Gasteiger partial charge on any atom is -0.448 e. The maximum absolute atomic E-state index is 12.4. The standard InChI is InChI=1S/C22H28N2O4/c1-6-17(18-10-8-7-9-11-18)12-23-21(26)16(5)28-22(27)20-13(2)19(15(4)25)14(3)24-20/h7-11,16-17,24H,6,12H2,1-5H3,(H,23,26)/t16-,17+/m1/s1. The Balaban J connectivity index is 1.98. The molecule has 150 valence electrons. The Hall–Kier alpha value is -2.89. The van der Waals surface area contributed by atoms with Gasteiger partial charge in [-0.05, 0) is 45.2 Å². The van der Waals surface area contributed by atoms with Gasteiger partial charge in [0.2, 0.25) is 0 Å². The van der Waals surface area contributed by atoms with Gasteiger partial charge in [-0.1, -0.05) is 37.3 Å². The van der Waals surface area contributed by atoms with Crippen LogP contribution in [0.25, 0.3) is 0 Å². The number of amides is 1. The van der Waals surface area contributed by atoms with Crippen molar-refractivity contribution >= 4 is 17.7 Å². The highest BCUT2D eigenvalue weighted by Gasteiger charge is 2.25. The molecular weight excluding hydrogens is 356 g/mol. The van der Waals surface area contributed by atoms with Crippen LogP contribution in [0.5, 0.6) is 0 Å². The van der Waals surface area contributed by atoms with Crippen LogP contribution in [0.15, 0.2) is 30.3 Å². The minimum atomic E-state index is -0.940. The zero-order chi connectivity index (χ0) is 20.8. The number of hydrogen-bond acceptors (Lipinski definition) is 4. The smallest absolute Gasteiger partial charge is 0.355 e. The number of nitrogens with one attached hydrogen (secondary N) is 2. The molecule has 1 heterocycles. The molecular formula is C22H28N2O4. The average Bonchev–Trinajstić information content (AvgIpc) is 2.97. The van der Waals surface area contributed by atoms with E-state index in [0.717, 1.165) is 12.0 Å². The maximum Gasteiger partial charge on any atom is 0.355 e. The maximum atomic E-state index is 12.4. The van der Waals surface area contributed by atoms with E-state index in [4.69, 9.17) is 4.74 Å². The van der Waals surface area contributed by atoms with E-state index in [9.17, 15) is 14.4 Å². The van der Waals surface area contributed by atoms with Crippen molar-refractivity contribution in [2.24, 2.45) is 0 Å². The van der Waals surface area contributed by atoms with Crippen molar-refractivity contribution in [1.29, 1.82) is 0 Å². The van der Waals surface area contributed by atoms with Gasteiger partial charge < -0.3 is 15.0 Å². The Bertz CT molecular complexity index is 855. The molecule has 1 amide bonds. The summed E-state index contributed by atoms with van der Waals surface area (Å²) >= 11 is 0. The van der Waals surface area contributed by atoms with E-state index in [2.05, 4.69) is 17.2 Å². The second kappa shape index (κ2) is 9.35. The average molecular weight is 384 g/mol. The molecule has 0 aliphatic carbocycles. The number of esters is 1. The lowest BCUT2D eigenvalue weighted by Crippen LogP contribution is -2.38. The van der Waals surface area contributed by atoms with Crippen LogP contribution in [-0.4, -0.2) is 35.3 Å². The minimum absolute atomic E-state index is 0.123. The van der Waals surface area contributed by atoms with Crippen LogP contribution < -0.4 is 5.32 Å². The lowest BCUT2D eigenvalue weighted by atomic mass is 9.96. The van der Waals surface area contributed by atoms with Crippen LogP contribution in [0.4, 0.5) is 0 Å². The van der Waals surface area contributed by atoms with Gasteiger partial charge in [-0.15, -0.1) is 0 Å². The molecule has 1 aromatic heterocycles. The Morgan fingerprint density at radius 1 is 1.14 bits per heavy atom. The highest BCUT2D eigenvalue weighted by molar-refractivity contribution is 6.01. The number of H-pyrrole nitrogens is 1. The first kappa shape index (κ1) is 21.4. The van der Waals surface area contributed by atoms with E-state index < -0.39 is 12.1 Å². The molecule has 0 aliphatic heterocycles. The molecule has 0 saturated heterocycles. The summed E-state index contributed by atoms with van der Waals surface area (Å²) < 4.78 is 5.31. The van der Waals surface area contributed by atoms with E-state index in [1.807, 2.05) is 30.3 Å². The van der Waals surface area contributed by atoms with Gasteiger partial charge in [0, 0.05) is 23.7 Å². The van der Waals surface area contributed by atoms with Gasteiger partial charge in [-0.2, -0.15) is 0 Å². The van der Waals surface area contributed by atoms with Crippen LogP contribution in [0, 0.1) is 13.8 Å². The molecule has 28 heavy (non-hydrogen) atoms. The molecule has 6 heteroatoms. The number of carbonyl (C=O) groups is 3. The first-order valence-electron chi connectivity index (χ1n) is 9.49. The molecule has 0 fully saturated rings. The number of carbonyl (C=O) groups excluding carboxylic acids is 3. The molecule has 0 aliphatic rings. The summed E-state index contributed by atoms with van der Waals surface area (Å²) in [6.07, 6.45) is -0.0580. The number of aromatic nitrogens is 1. The Kier molecular flexibility index (Phi) is 7.15. The third kappa shape index (κ3) is 4.88. The van der Waals surface area contributed by atoms with Crippen LogP contribution in [0.3, 0.4) is 0 Å². The van der Waals surface area contributed by atoms with Crippen molar-refractivity contribution in [3.63, 3.8) is 0 Å². The van der Waals surface area contributed by atoms with Crippen molar-refractivity contribution in [3.05, 3.63) is 58.4 Å². The first-order valence-corrected chi connectivity index (χ1v) is 9.49. The Morgan fingerprint density at radius 2 is 1.79 bits per heavy atom. The fraction of sp³-hybridized carbons (Fsp3) is 0.409. The molecule has 0 radical (unpaired) electrons. The third-order valence-electron chi connectivity index (χ3n) is 4.93. The predicted octanol–water partition coefficient (Wildman–Crippen LogP) is 3.69. The number of rotatable bonds is 8. The number of benzene rings is 1. The number of aromatic amines is 1. The summed E-state index contributed by atoms with van der Waals surface area (Å²) in [4.78, 5) is 39.4. The monoisotopic (exact) mass is 384 g/mol. The molecule has 0 spiro atoms. The molecule has 2 atom stereocenters. The van der Waals surface area contributed by atoms with Crippen LogP contribution in [-0.2, 0) is 9.53 Å². The normalized spacial score (nSPS) is 12.9. The van der Waals surface area contributed by atoms with Gasteiger partial charge in [-0.3, -0.25) is 9.59 Å². The second-order valence-corrected chi connectivity index (χ2v) is 6.99. The van der Waals surface area contributed by atoms with E-state index in [1.165, 1.54) is 13.8 Å². The van der Waals surface area contributed by atoms with Crippen molar-refractivity contribution in [2.75, 3.05) is 6.54 Å². The van der Waals surface area contributed by atoms with Gasteiger partial charge in [-0.25, -0.2) is 4.79 Å². The van der Waals surface area contributed by atoms with E-state index in [1.54, 1.807) is 13.8 Å². The molecule has 2 N–H and O–H groups in total. The highest BCUT2D eigenvalue weighted by atomic mass is 16.5. The zero-order valence-electron chi connectivity index (χ0n) is 17.1. The lowest BCUT2D eigenvalue weighted by Gasteiger charge is -2.18. The molecule has 0 bridgehead atoms. The van der Waals surface area contributed by atoms with Gasteiger partial charge in [0.05, 0.1) is 0 Å². The lowest BCUT2D eigenvalue weighted by molar-refractivity contribution is -0.129. The predicted molar refractivity (Wildman–Crippen MR) is 108 cm³/mol. The van der Waals surface area contributed by atoms with Gasteiger partial charge in [0.25, 0.3) is 5.91 Å². The van der Waals surface area contributed by atoms with E-state index in [0.29, 0.717) is 23.4 Å². The zero-order valence-corrected chi connectivity index (χ0v) is 17.1. The van der Waals surface area contributed by atoms with Gasteiger partial charge >= 0.3 is 5.97 Å². The van der Waals surface area contributed by atoms with Crippen LogP contribution >= 0.6 is 0 Å². The van der Waals surface area contributed by atoms with E-state index in [-0.39, 0.29) is 23.3 Å². The fourth-order valence-electron chi connectivity index (χ4n) is 3.35. The number of ether oxygens (including phenoxy) is 1. The summed E-state index contributed by atoms with van der Waals surface area (Å²) in [5.74, 6) is -0.927. The SMILES string of the molecule is CC[C@@H](CNC(=O)[C@@H](C)OC(=O)c1[nH]c(C)c(C(C)=O)c1C)c1ccccc1. The molecule has 1 aromatic carbocycles. The number of aryl methyl sites for hydroxylation is 1. The van der Waals surface area contributed by atoms with Crippen molar-refractivity contribution in [3.8, 4) is 0 Å². The van der Waals surface area contributed by atoms with Gasteiger partial charge in [0.1, 0.15) is 5.69 Å². The number of ketones is 1. The van der Waals surface area contributed by atoms with E-state index >= 15 is 0 Å². The summed E-state index contributed by atoms with van der Waals surface area (Å²) in [5.41, 5.74) is 3.00. The summed E-state index contributed by atoms with van der Waals surface area (Å²) in [7, 11) is 0. The molecule has 0 saturated carbocycles. The number of Topliss-reactive ketones (excluding diaryl/α,β-unsaturated/α-hetero) is 1. The Labute approximate surface area is 165 Å². The van der Waals surface area contributed by atoms with Crippen molar-refractivity contribution < 1.29 is 19.1 Å². The van der Waals surface area contributed by atoms with Crippen molar-refractivity contribution in [2.45, 2.75) is 53.1 Å². The van der Waals surface area contributed by atoms with Crippen LogP contribution in [0.2, 0.25) is 0 Å². The second-order valence-electron chi connectivity index (χ2n) is 6.99. The fourth-order valence-corrected chi connectivity index (χ4v) is 3.35. The first-order chi connectivity index (χ1) is 13.3. The summed E-state index contributed by atoms with van der Waals surface area (Å²) in [5, 5.41) is 2.86.